The van der Waals surface area contributed by atoms with E-state index in [0.29, 0.717) is 30.5 Å². The first kappa shape index (κ1) is 15.9. The van der Waals surface area contributed by atoms with Crippen LogP contribution < -0.4 is 14.2 Å². The average Bonchev–Trinajstić information content (AvgIpc) is 2.85. The summed E-state index contributed by atoms with van der Waals surface area (Å²) in [5.41, 5.74) is 1.01. The monoisotopic (exact) mass is 326 g/mol. The van der Waals surface area contributed by atoms with Crippen molar-refractivity contribution in [1.29, 1.82) is 0 Å². The van der Waals surface area contributed by atoms with Crippen LogP contribution >= 0.6 is 0 Å². The van der Waals surface area contributed by atoms with E-state index in [4.69, 9.17) is 14.2 Å². The van der Waals surface area contributed by atoms with Crippen molar-refractivity contribution in [2.75, 3.05) is 20.3 Å². The van der Waals surface area contributed by atoms with Crippen molar-refractivity contribution in [3.63, 3.8) is 0 Å². The van der Waals surface area contributed by atoms with Gasteiger partial charge in [-0.15, -0.1) is 0 Å². The van der Waals surface area contributed by atoms with Crippen LogP contribution in [-0.2, 0) is 0 Å². The molecule has 0 aromatic heterocycles. The fourth-order valence-electron chi connectivity index (χ4n) is 2.38. The van der Waals surface area contributed by atoms with E-state index in [2.05, 4.69) is 0 Å². The van der Waals surface area contributed by atoms with Crippen LogP contribution in [0.5, 0.6) is 23.0 Å². The lowest BCUT2D eigenvalue weighted by Gasteiger charge is -2.07. The Kier molecular flexibility index (Phi) is 4.70. The Morgan fingerprint density at radius 2 is 1.92 bits per heavy atom. The number of carbonyl (C=O) groups excluding carboxylic acids is 1. The van der Waals surface area contributed by atoms with Gasteiger partial charge in [-0.3, -0.25) is 4.79 Å². The normalized spacial score (nSPS) is 13.5. The second kappa shape index (κ2) is 7.08. The molecule has 0 aliphatic carbocycles. The van der Waals surface area contributed by atoms with E-state index in [0.717, 1.165) is 12.0 Å². The molecule has 2 aromatic rings. The molecule has 0 unspecified atom stereocenters. The van der Waals surface area contributed by atoms with Crippen molar-refractivity contribution in [2.24, 2.45) is 0 Å². The van der Waals surface area contributed by atoms with Crippen LogP contribution in [0.25, 0.3) is 6.08 Å². The highest BCUT2D eigenvalue weighted by molar-refractivity contribution is 6.08. The highest BCUT2D eigenvalue weighted by Gasteiger charge is 2.11. The highest BCUT2D eigenvalue weighted by Crippen LogP contribution is 2.31. The summed E-state index contributed by atoms with van der Waals surface area (Å²) < 4.78 is 16.3. The molecular formula is C19H18O5. The molecule has 0 radical (unpaired) electrons. The van der Waals surface area contributed by atoms with E-state index in [1.807, 2.05) is 18.2 Å². The third kappa shape index (κ3) is 3.51. The van der Waals surface area contributed by atoms with Crippen molar-refractivity contribution in [3.05, 3.63) is 53.6 Å². The smallest absolute Gasteiger partial charge is 0.189 e. The molecule has 1 heterocycles. The number of phenols is 1. The standard InChI is InChI=1S/C19H18O5/c1-22-14-5-7-17(21)15(12-14)16(20)6-3-13-4-8-18-19(11-13)24-10-2-9-23-18/h3-8,11-12,21H,2,9-10H2,1H3. The van der Waals surface area contributed by atoms with E-state index < -0.39 is 0 Å². The molecule has 0 fully saturated rings. The molecule has 0 atom stereocenters. The molecule has 5 nitrogen and oxygen atoms in total. The molecule has 24 heavy (non-hydrogen) atoms. The Balaban J connectivity index is 1.80. The quantitative estimate of drug-likeness (QED) is 0.688. The van der Waals surface area contributed by atoms with E-state index in [9.17, 15) is 9.90 Å². The topological polar surface area (TPSA) is 65.0 Å². The van der Waals surface area contributed by atoms with Crippen molar-refractivity contribution in [2.45, 2.75) is 6.42 Å². The summed E-state index contributed by atoms with van der Waals surface area (Å²) in [7, 11) is 1.51. The zero-order valence-corrected chi connectivity index (χ0v) is 13.3. The maximum absolute atomic E-state index is 12.3. The average molecular weight is 326 g/mol. The van der Waals surface area contributed by atoms with Crippen LogP contribution in [-0.4, -0.2) is 31.2 Å². The fraction of sp³-hybridized carbons (Fsp3) is 0.211. The summed E-state index contributed by atoms with van der Waals surface area (Å²) in [6, 6.07) is 10.1. The van der Waals surface area contributed by atoms with Gasteiger partial charge >= 0.3 is 0 Å². The summed E-state index contributed by atoms with van der Waals surface area (Å²) in [5.74, 6) is 1.51. The molecule has 3 rings (SSSR count). The number of aromatic hydroxyl groups is 1. The van der Waals surface area contributed by atoms with Crippen molar-refractivity contribution in [1.82, 2.24) is 0 Å². The second-order valence-corrected chi connectivity index (χ2v) is 5.34. The zero-order chi connectivity index (χ0) is 16.9. The predicted molar refractivity (Wildman–Crippen MR) is 90.1 cm³/mol. The van der Waals surface area contributed by atoms with Gasteiger partial charge in [0.25, 0.3) is 0 Å². The zero-order valence-electron chi connectivity index (χ0n) is 13.3. The van der Waals surface area contributed by atoms with E-state index in [1.54, 1.807) is 12.1 Å². The van der Waals surface area contributed by atoms with Gasteiger partial charge in [-0.25, -0.2) is 0 Å². The van der Waals surface area contributed by atoms with E-state index in [1.165, 1.54) is 25.3 Å². The maximum Gasteiger partial charge on any atom is 0.189 e. The molecule has 5 heteroatoms. The molecule has 1 aliphatic rings. The molecule has 0 amide bonds. The molecule has 1 N–H and O–H groups in total. The Labute approximate surface area is 140 Å². The van der Waals surface area contributed by atoms with E-state index >= 15 is 0 Å². The second-order valence-electron chi connectivity index (χ2n) is 5.34. The van der Waals surface area contributed by atoms with Gasteiger partial charge in [-0.2, -0.15) is 0 Å². The van der Waals surface area contributed by atoms with Crippen LogP contribution in [0.3, 0.4) is 0 Å². The molecule has 0 spiro atoms. The summed E-state index contributed by atoms with van der Waals surface area (Å²) in [4.78, 5) is 12.3. The minimum atomic E-state index is -0.307. The Morgan fingerprint density at radius 1 is 1.12 bits per heavy atom. The van der Waals surface area contributed by atoms with E-state index in [-0.39, 0.29) is 17.1 Å². The molecular weight excluding hydrogens is 308 g/mol. The number of carbonyl (C=O) groups is 1. The number of ketones is 1. The highest BCUT2D eigenvalue weighted by atomic mass is 16.5. The number of fused-ring (bicyclic) bond motifs is 1. The lowest BCUT2D eigenvalue weighted by Crippen LogP contribution is -1.97. The van der Waals surface area contributed by atoms with Gasteiger partial charge in [-0.05, 0) is 42.0 Å². The van der Waals surface area contributed by atoms with Gasteiger partial charge in [0.1, 0.15) is 11.5 Å². The van der Waals surface area contributed by atoms with Crippen molar-refractivity contribution < 1.29 is 24.1 Å². The lowest BCUT2D eigenvalue weighted by atomic mass is 10.1. The Morgan fingerprint density at radius 3 is 2.71 bits per heavy atom. The maximum atomic E-state index is 12.3. The number of allylic oxidation sites excluding steroid dienone is 1. The van der Waals surface area contributed by atoms with Gasteiger partial charge in [-0.1, -0.05) is 12.1 Å². The number of phenolic OH excluding ortho intramolecular Hbond substituents is 1. The molecule has 0 saturated heterocycles. The minimum absolute atomic E-state index is 0.0795. The first-order valence-corrected chi connectivity index (χ1v) is 7.66. The van der Waals surface area contributed by atoms with Crippen LogP contribution in [0.2, 0.25) is 0 Å². The first-order chi connectivity index (χ1) is 11.7. The van der Waals surface area contributed by atoms with Crippen LogP contribution in [0, 0.1) is 0 Å². The van der Waals surface area contributed by atoms with Gasteiger partial charge < -0.3 is 19.3 Å². The van der Waals surface area contributed by atoms with Gasteiger partial charge in [0.2, 0.25) is 0 Å². The minimum Gasteiger partial charge on any atom is -0.507 e. The number of hydrogen-bond donors (Lipinski definition) is 1. The Bertz CT molecular complexity index is 779. The third-order valence-corrected chi connectivity index (χ3v) is 3.67. The van der Waals surface area contributed by atoms with Gasteiger partial charge in [0.15, 0.2) is 17.3 Å². The predicted octanol–water partition coefficient (Wildman–Crippen LogP) is 3.46. The number of rotatable bonds is 4. The molecule has 2 aromatic carbocycles. The van der Waals surface area contributed by atoms with Crippen LogP contribution in [0.4, 0.5) is 0 Å². The van der Waals surface area contributed by atoms with Crippen LogP contribution in [0.1, 0.15) is 22.3 Å². The summed E-state index contributed by atoms with van der Waals surface area (Å²) >= 11 is 0. The first-order valence-electron chi connectivity index (χ1n) is 7.66. The van der Waals surface area contributed by atoms with Gasteiger partial charge in [0, 0.05) is 6.42 Å². The molecule has 0 bridgehead atoms. The number of benzene rings is 2. The number of hydrogen-bond acceptors (Lipinski definition) is 5. The SMILES string of the molecule is COc1ccc(O)c(C(=O)C=Cc2ccc3c(c2)OCCCO3)c1. The summed E-state index contributed by atoms with van der Waals surface area (Å²) in [6.07, 6.45) is 3.93. The summed E-state index contributed by atoms with van der Waals surface area (Å²) in [5, 5.41) is 9.84. The largest absolute Gasteiger partial charge is 0.507 e. The molecule has 1 aliphatic heterocycles. The molecule has 0 saturated carbocycles. The lowest BCUT2D eigenvalue weighted by molar-refractivity contribution is 0.104. The van der Waals surface area contributed by atoms with Crippen LogP contribution in [0.15, 0.2) is 42.5 Å². The van der Waals surface area contributed by atoms with Gasteiger partial charge in [0.05, 0.1) is 25.9 Å². The van der Waals surface area contributed by atoms with Crippen molar-refractivity contribution in [3.8, 4) is 23.0 Å². The number of methoxy groups -OCH3 is 1. The number of ether oxygens (including phenoxy) is 3. The third-order valence-electron chi connectivity index (χ3n) is 3.67. The molecule has 124 valence electrons. The fourth-order valence-corrected chi connectivity index (χ4v) is 2.38. The Hall–Kier alpha value is -2.95. The van der Waals surface area contributed by atoms with Crippen molar-refractivity contribution >= 4 is 11.9 Å². The summed E-state index contributed by atoms with van der Waals surface area (Å²) in [6.45, 7) is 1.24.